The van der Waals surface area contributed by atoms with Gasteiger partial charge in [0, 0.05) is 68.4 Å². The SMILES string of the molecule is Nc1nccnc1C(=O)Cc1cnccc1N1CCC2(CC1)OCCO2. The van der Waals surface area contributed by atoms with Gasteiger partial charge in [-0.1, -0.05) is 0 Å². The van der Waals surface area contributed by atoms with Gasteiger partial charge in [-0.15, -0.1) is 0 Å². The minimum atomic E-state index is -0.423. The zero-order chi connectivity index (χ0) is 18.0. The largest absolute Gasteiger partial charge is 0.382 e. The summed E-state index contributed by atoms with van der Waals surface area (Å²) in [5.74, 6) is -0.438. The summed E-state index contributed by atoms with van der Waals surface area (Å²) in [5, 5.41) is 0. The summed E-state index contributed by atoms with van der Waals surface area (Å²) in [4.78, 5) is 27.0. The van der Waals surface area contributed by atoms with Crippen LogP contribution in [0, 0.1) is 0 Å². The van der Waals surface area contributed by atoms with Gasteiger partial charge in [0.1, 0.15) is 5.69 Å². The third-order valence-corrected chi connectivity index (χ3v) is 4.90. The summed E-state index contributed by atoms with van der Waals surface area (Å²) < 4.78 is 11.6. The first-order chi connectivity index (χ1) is 12.7. The normalized spacial score (nSPS) is 19.0. The summed E-state index contributed by atoms with van der Waals surface area (Å²) in [7, 11) is 0. The van der Waals surface area contributed by atoms with Crippen molar-refractivity contribution < 1.29 is 14.3 Å². The van der Waals surface area contributed by atoms with Crippen LogP contribution in [-0.4, -0.2) is 52.8 Å². The Balaban J connectivity index is 1.50. The summed E-state index contributed by atoms with van der Waals surface area (Å²) in [6, 6.07) is 1.94. The Bertz CT molecular complexity index is 797. The number of anilines is 2. The number of ketones is 1. The molecule has 0 radical (unpaired) electrons. The number of pyridine rings is 1. The lowest BCUT2D eigenvalue weighted by Crippen LogP contribution is -2.45. The third kappa shape index (κ3) is 3.25. The van der Waals surface area contributed by atoms with Crippen LogP contribution in [0.1, 0.15) is 28.9 Å². The second-order valence-corrected chi connectivity index (χ2v) is 6.49. The fourth-order valence-corrected chi connectivity index (χ4v) is 3.56. The van der Waals surface area contributed by atoms with Crippen molar-refractivity contribution in [3.63, 3.8) is 0 Å². The number of carbonyl (C=O) groups is 1. The van der Waals surface area contributed by atoms with Crippen LogP contribution in [-0.2, 0) is 15.9 Å². The van der Waals surface area contributed by atoms with E-state index in [2.05, 4.69) is 19.9 Å². The Morgan fingerprint density at radius 2 is 1.88 bits per heavy atom. The molecule has 1 spiro atoms. The van der Waals surface area contributed by atoms with Gasteiger partial charge in [0.05, 0.1) is 13.2 Å². The van der Waals surface area contributed by atoms with Crippen LogP contribution in [0.25, 0.3) is 0 Å². The van der Waals surface area contributed by atoms with Crippen molar-refractivity contribution in [1.29, 1.82) is 0 Å². The quantitative estimate of drug-likeness (QED) is 0.817. The van der Waals surface area contributed by atoms with Gasteiger partial charge in [0.15, 0.2) is 17.4 Å². The Hall–Kier alpha value is -2.58. The molecule has 2 saturated heterocycles. The summed E-state index contributed by atoms with van der Waals surface area (Å²) in [6.07, 6.45) is 8.21. The molecule has 0 atom stereocenters. The minimum Gasteiger partial charge on any atom is -0.382 e. The van der Waals surface area contributed by atoms with E-state index in [4.69, 9.17) is 15.2 Å². The highest BCUT2D eigenvalue weighted by Gasteiger charge is 2.40. The number of ether oxygens (including phenoxy) is 2. The topological polar surface area (TPSA) is 103 Å². The zero-order valence-electron chi connectivity index (χ0n) is 14.4. The van der Waals surface area contributed by atoms with E-state index < -0.39 is 5.79 Å². The molecule has 2 aliphatic heterocycles. The van der Waals surface area contributed by atoms with Crippen molar-refractivity contribution in [1.82, 2.24) is 15.0 Å². The van der Waals surface area contributed by atoms with Crippen LogP contribution < -0.4 is 10.6 Å². The van der Waals surface area contributed by atoms with Crippen molar-refractivity contribution in [2.45, 2.75) is 25.0 Å². The second kappa shape index (κ2) is 6.97. The minimum absolute atomic E-state index is 0.151. The average molecular weight is 355 g/mol. The number of nitrogens with zero attached hydrogens (tertiary/aromatic N) is 4. The average Bonchev–Trinajstić information content (AvgIpc) is 3.11. The Labute approximate surface area is 151 Å². The summed E-state index contributed by atoms with van der Waals surface area (Å²) in [5.41, 5.74) is 7.83. The molecular weight excluding hydrogens is 334 g/mol. The van der Waals surface area contributed by atoms with Crippen molar-refractivity contribution >= 4 is 17.3 Å². The van der Waals surface area contributed by atoms with Crippen molar-refractivity contribution in [3.8, 4) is 0 Å². The van der Waals surface area contributed by atoms with Gasteiger partial charge in [0.25, 0.3) is 0 Å². The number of nitrogens with two attached hydrogens (primary N) is 1. The van der Waals surface area contributed by atoms with E-state index in [0.717, 1.165) is 37.2 Å². The van der Waals surface area contributed by atoms with E-state index >= 15 is 0 Å². The van der Waals surface area contributed by atoms with Crippen molar-refractivity contribution in [2.75, 3.05) is 36.9 Å². The Kier molecular flexibility index (Phi) is 4.52. The van der Waals surface area contributed by atoms with Crippen LogP contribution in [0.5, 0.6) is 0 Å². The highest BCUT2D eigenvalue weighted by molar-refractivity contribution is 5.99. The Morgan fingerprint density at radius 1 is 1.15 bits per heavy atom. The molecule has 0 unspecified atom stereocenters. The van der Waals surface area contributed by atoms with Gasteiger partial charge >= 0.3 is 0 Å². The lowest BCUT2D eigenvalue weighted by Gasteiger charge is -2.39. The molecular formula is C18H21N5O3. The van der Waals surface area contributed by atoms with Crippen LogP contribution >= 0.6 is 0 Å². The van der Waals surface area contributed by atoms with E-state index in [-0.39, 0.29) is 23.7 Å². The summed E-state index contributed by atoms with van der Waals surface area (Å²) in [6.45, 7) is 2.93. The van der Waals surface area contributed by atoms with Gasteiger partial charge in [0.2, 0.25) is 0 Å². The molecule has 2 aromatic heterocycles. The molecule has 8 nitrogen and oxygen atoms in total. The predicted octanol–water partition coefficient (Wildman–Crippen LogP) is 1.22. The number of rotatable bonds is 4. The van der Waals surface area contributed by atoms with Gasteiger partial charge in [-0.2, -0.15) is 0 Å². The van der Waals surface area contributed by atoms with Crippen molar-refractivity contribution in [3.05, 3.63) is 42.1 Å². The molecule has 136 valence electrons. The van der Waals surface area contributed by atoms with E-state index in [1.165, 1.54) is 12.4 Å². The number of hydrogen-bond donors (Lipinski definition) is 1. The number of piperidine rings is 1. The molecule has 0 bridgehead atoms. The van der Waals surface area contributed by atoms with E-state index in [1.807, 2.05) is 6.07 Å². The molecule has 0 aliphatic carbocycles. The molecule has 2 N–H and O–H groups in total. The van der Waals surface area contributed by atoms with Gasteiger partial charge in [-0.05, 0) is 6.07 Å². The maximum Gasteiger partial charge on any atom is 0.189 e. The lowest BCUT2D eigenvalue weighted by molar-refractivity contribution is -0.169. The molecule has 4 rings (SSSR count). The fourth-order valence-electron chi connectivity index (χ4n) is 3.56. The first kappa shape index (κ1) is 16.9. The van der Waals surface area contributed by atoms with E-state index in [1.54, 1.807) is 12.4 Å². The fraction of sp³-hybridized carbons (Fsp3) is 0.444. The molecule has 4 heterocycles. The number of hydrogen-bond acceptors (Lipinski definition) is 8. The van der Waals surface area contributed by atoms with Crippen LogP contribution in [0.2, 0.25) is 0 Å². The molecule has 2 fully saturated rings. The standard InChI is InChI=1S/C18H21N5O3/c19-17-16(21-5-6-22-17)15(24)11-13-12-20-4-1-14(13)23-7-2-18(3-8-23)25-9-10-26-18/h1,4-6,12H,2-3,7-11H2,(H2,19,22). The number of Topliss-reactive ketones (excluding diaryl/α,β-unsaturated/α-hetero) is 1. The molecule has 2 aromatic rings. The molecule has 8 heteroatoms. The molecule has 26 heavy (non-hydrogen) atoms. The molecule has 0 aromatic carbocycles. The van der Waals surface area contributed by atoms with Crippen LogP contribution in [0.15, 0.2) is 30.9 Å². The van der Waals surface area contributed by atoms with Crippen LogP contribution in [0.4, 0.5) is 11.5 Å². The highest BCUT2D eigenvalue weighted by atomic mass is 16.7. The van der Waals surface area contributed by atoms with Gasteiger partial charge < -0.3 is 20.1 Å². The second-order valence-electron chi connectivity index (χ2n) is 6.49. The predicted molar refractivity (Wildman–Crippen MR) is 94.8 cm³/mol. The van der Waals surface area contributed by atoms with Gasteiger partial charge in [-0.25, -0.2) is 9.97 Å². The molecule has 2 aliphatic rings. The maximum atomic E-state index is 12.6. The first-order valence-corrected chi connectivity index (χ1v) is 8.72. The van der Waals surface area contributed by atoms with Crippen LogP contribution in [0.3, 0.4) is 0 Å². The van der Waals surface area contributed by atoms with Crippen molar-refractivity contribution in [2.24, 2.45) is 0 Å². The number of nitrogen functional groups attached to an aromatic ring is 1. The first-order valence-electron chi connectivity index (χ1n) is 8.72. The van der Waals surface area contributed by atoms with E-state index in [9.17, 15) is 4.79 Å². The number of aromatic nitrogens is 3. The summed E-state index contributed by atoms with van der Waals surface area (Å²) >= 11 is 0. The molecule has 0 amide bonds. The lowest BCUT2D eigenvalue weighted by atomic mass is 10.0. The van der Waals surface area contributed by atoms with E-state index in [0.29, 0.717) is 13.2 Å². The zero-order valence-corrected chi connectivity index (χ0v) is 14.4. The smallest absolute Gasteiger partial charge is 0.189 e. The maximum absolute atomic E-state index is 12.6. The highest BCUT2D eigenvalue weighted by Crippen LogP contribution is 2.34. The number of carbonyl (C=O) groups excluding carboxylic acids is 1. The molecule has 0 saturated carbocycles. The van der Waals surface area contributed by atoms with Gasteiger partial charge in [-0.3, -0.25) is 9.78 Å². The Morgan fingerprint density at radius 3 is 2.62 bits per heavy atom. The monoisotopic (exact) mass is 355 g/mol. The third-order valence-electron chi connectivity index (χ3n) is 4.90.